The molecular formula is C10H10FN3OS. The van der Waals surface area contributed by atoms with Crippen LogP contribution in [-0.4, -0.2) is 19.9 Å². The first-order valence-electron chi connectivity index (χ1n) is 4.67. The zero-order chi connectivity index (χ0) is 11.7. The van der Waals surface area contributed by atoms with E-state index in [9.17, 15) is 4.39 Å². The van der Waals surface area contributed by atoms with Crippen LogP contribution < -0.4 is 0 Å². The van der Waals surface area contributed by atoms with Crippen molar-refractivity contribution >= 4 is 12.2 Å². The van der Waals surface area contributed by atoms with Gasteiger partial charge in [0.25, 0.3) is 0 Å². The van der Waals surface area contributed by atoms with E-state index in [1.54, 1.807) is 17.6 Å². The van der Waals surface area contributed by atoms with Crippen molar-refractivity contribution in [1.82, 2.24) is 14.8 Å². The first-order chi connectivity index (χ1) is 7.63. The van der Waals surface area contributed by atoms with Crippen molar-refractivity contribution in [3.05, 3.63) is 40.2 Å². The molecule has 84 valence electrons. The van der Waals surface area contributed by atoms with E-state index in [1.807, 2.05) is 0 Å². The fourth-order valence-electron chi connectivity index (χ4n) is 1.55. The molecule has 0 atom stereocenters. The third-order valence-corrected chi connectivity index (χ3v) is 2.56. The largest absolute Gasteiger partial charge is 0.388 e. The summed E-state index contributed by atoms with van der Waals surface area (Å²) in [4.78, 5) is 0. The maximum Gasteiger partial charge on any atom is 0.199 e. The highest BCUT2D eigenvalue weighted by Crippen LogP contribution is 2.17. The number of H-pyrrole nitrogens is 1. The molecular weight excluding hydrogens is 229 g/mol. The minimum atomic E-state index is -0.304. The predicted octanol–water partition coefficient (Wildman–Crippen LogP) is 1.87. The molecule has 0 unspecified atom stereocenters. The van der Waals surface area contributed by atoms with E-state index in [0.29, 0.717) is 16.3 Å². The normalized spacial score (nSPS) is 10.7. The van der Waals surface area contributed by atoms with E-state index in [4.69, 9.17) is 17.3 Å². The van der Waals surface area contributed by atoms with Gasteiger partial charge in [0.05, 0.1) is 5.69 Å². The van der Waals surface area contributed by atoms with Gasteiger partial charge in [0.15, 0.2) is 10.6 Å². The maximum atomic E-state index is 13.0. The Balaban J connectivity index is 2.67. The topological polar surface area (TPSA) is 53.8 Å². The van der Waals surface area contributed by atoms with Crippen LogP contribution in [0.4, 0.5) is 4.39 Å². The molecule has 0 bridgehead atoms. The van der Waals surface area contributed by atoms with E-state index in [-0.39, 0.29) is 12.4 Å². The van der Waals surface area contributed by atoms with Gasteiger partial charge in [-0.2, -0.15) is 5.10 Å². The van der Waals surface area contributed by atoms with Crippen LogP contribution in [0.25, 0.3) is 5.69 Å². The second-order valence-corrected chi connectivity index (χ2v) is 3.76. The fraction of sp³-hybridized carbons (Fsp3) is 0.200. The van der Waals surface area contributed by atoms with Crippen LogP contribution in [0.15, 0.2) is 18.2 Å². The number of aromatic nitrogens is 3. The molecule has 1 aromatic carbocycles. The van der Waals surface area contributed by atoms with Crippen molar-refractivity contribution in [2.75, 3.05) is 0 Å². The van der Waals surface area contributed by atoms with E-state index >= 15 is 0 Å². The van der Waals surface area contributed by atoms with Crippen molar-refractivity contribution in [1.29, 1.82) is 0 Å². The van der Waals surface area contributed by atoms with E-state index < -0.39 is 0 Å². The number of aromatic amines is 1. The van der Waals surface area contributed by atoms with Gasteiger partial charge in [-0.05, 0) is 42.9 Å². The Morgan fingerprint density at radius 1 is 1.56 bits per heavy atom. The summed E-state index contributed by atoms with van der Waals surface area (Å²) in [6, 6.07) is 4.36. The molecule has 1 heterocycles. The molecule has 0 aliphatic rings. The lowest BCUT2D eigenvalue weighted by molar-refractivity contribution is 0.268. The number of aliphatic hydroxyl groups is 1. The molecule has 2 rings (SSSR count). The minimum absolute atomic E-state index is 0.232. The van der Waals surface area contributed by atoms with E-state index in [1.165, 1.54) is 12.1 Å². The quantitative estimate of drug-likeness (QED) is 0.787. The van der Waals surface area contributed by atoms with Crippen LogP contribution in [0.2, 0.25) is 0 Å². The maximum absolute atomic E-state index is 13.0. The number of aliphatic hydroxyl groups excluding tert-OH is 1. The molecule has 0 fully saturated rings. The third-order valence-electron chi connectivity index (χ3n) is 2.28. The molecule has 0 aliphatic carbocycles. The number of halogens is 1. The molecule has 0 radical (unpaired) electrons. The Morgan fingerprint density at radius 2 is 2.31 bits per heavy atom. The fourth-order valence-corrected chi connectivity index (χ4v) is 1.80. The lowest BCUT2D eigenvalue weighted by Crippen LogP contribution is -2.03. The van der Waals surface area contributed by atoms with Crippen LogP contribution in [0.3, 0.4) is 0 Å². The second kappa shape index (κ2) is 4.15. The lowest BCUT2D eigenvalue weighted by Gasteiger charge is -2.08. The third kappa shape index (κ3) is 1.77. The number of hydrogen-bond acceptors (Lipinski definition) is 3. The average molecular weight is 239 g/mol. The summed E-state index contributed by atoms with van der Waals surface area (Å²) in [5.41, 5.74) is 1.44. The van der Waals surface area contributed by atoms with Crippen LogP contribution in [0, 0.1) is 17.5 Å². The van der Waals surface area contributed by atoms with Gasteiger partial charge in [-0.3, -0.25) is 9.67 Å². The summed E-state index contributed by atoms with van der Waals surface area (Å²) in [5, 5.41) is 15.6. The molecule has 0 saturated carbocycles. The molecule has 0 aliphatic heterocycles. The lowest BCUT2D eigenvalue weighted by atomic mass is 10.2. The Morgan fingerprint density at radius 3 is 2.94 bits per heavy atom. The van der Waals surface area contributed by atoms with Gasteiger partial charge in [-0.1, -0.05) is 0 Å². The summed E-state index contributed by atoms with van der Waals surface area (Å²) in [5.74, 6) is 0.0986. The summed E-state index contributed by atoms with van der Waals surface area (Å²) < 4.78 is 14.9. The standard InChI is InChI=1S/C10H10FN3OS/c1-6-4-7(11)2-3-8(6)14-9(5-15)12-13-10(14)16/h2-4,15H,5H2,1H3,(H,13,16). The van der Waals surface area contributed by atoms with Crippen LogP contribution in [-0.2, 0) is 6.61 Å². The molecule has 2 N–H and O–H groups in total. The molecule has 4 nitrogen and oxygen atoms in total. The summed E-state index contributed by atoms with van der Waals surface area (Å²) in [7, 11) is 0. The highest BCUT2D eigenvalue weighted by atomic mass is 32.1. The highest BCUT2D eigenvalue weighted by molar-refractivity contribution is 7.71. The summed E-state index contributed by atoms with van der Waals surface area (Å²) >= 11 is 5.05. The number of nitrogens with one attached hydrogen (secondary N) is 1. The molecule has 0 spiro atoms. The van der Waals surface area contributed by atoms with Gasteiger partial charge in [-0.15, -0.1) is 0 Å². The average Bonchev–Trinajstić information content (AvgIpc) is 2.60. The van der Waals surface area contributed by atoms with Gasteiger partial charge in [0.2, 0.25) is 0 Å². The smallest absolute Gasteiger partial charge is 0.199 e. The van der Waals surface area contributed by atoms with Crippen molar-refractivity contribution < 1.29 is 9.50 Å². The first kappa shape index (κ1) is 11.0. The zero-order valence-electron chi connectivity index (χ0n) is 8.57. The van der Waals surface area contributed by atoms with Gasteiger partial charge in [0, 0.05) is 0 Å². The monoisotopic (exact) mass is 239 g/mol. The van der Waals surface area contributed by atoms with Crippen LogP contribution in [0.1, 0.15) is 11.4 Å². The number of benzene rings is 1. The molecule has 2 aromatic rings. The van der Waals surface area contributed by atoms with E-state index in [2.05, 4.69) is 10.2 Å². The van der Waals surface area contributed by atoms with Crippen LogP contribution in [0.5, 0.6) is 0 Å². The van der Waals surface area contributed by atoms with Gasteiger partial charge in [0.1, 0.15) is 12.4 Å². The van der Waals surface area contributed by atoms with Gasteiger partial charge >= 0.3 is 0 Å². The Hall–Kier alpha value is -1.53. The number of rotatable bonds is 2. The van der Waals surface area contributed by atoms with Crippen molar-refractivity contribution in [3.8, 4) is 5.69 Å². The number of nitrogens with zero attached hydrogens (tertiary/aromatic N) is 2. The summed E-state index contributed by atoms with van der Waals surface area (Å²) in [6.07, 6.45) is 0. The Kier molecular flexibility index (Phi) is 2.84. The van der Waals surface area contributed by atoms with Gasteiger partial charge in [-0.25, -0.2) is 4.39 Å². The predicted molar refractivity (Wildman–Crippen MR) is 59.4 cm³/mol. The van der Waals surface area contributed by atoms with Crippen molar-refractivity contribution in [2.45, 2.75) is 13.5 Å². The molecule has 0 saturated heterocycles. The van der Waals surface area contributed by atoms with Crippen molar-refractivity contribution in [3.63, 3.8) is 0 Å². The zero-order valence-corrected chi connectivity index (χ0v) is 9.38. The van der Waals surface area contributed by atoms with Gasteiger partial charge < -0.3 is 5.11 Å². The van der Waals surface area contributed by atoms with Crippen molar-refractivity contribution in [2.24, 2.45) is 0 Å². The Labute approximate surface area is 96.4 Å². The minimum Gasteiger partial charge on any atom is -0.388 e. The van der Waals surface area contributed by atoms with Crippen LogP contribution >= 0.6 is 12.2 Å². The second-order valence-electron chi connectivity index (χ2n) is 3.37. The first-order valence-corrected chi connectivity index (χ1v) is 5.08. The molecule has 0 amide bonds. The molecule has 6 heteroatoms. The Bertz CT molecular complexity index is 576. The number of aryl methyl sites for hydroxylation is 1. The molecule has 16 heavy (non-hydrogen) atoms. The SMILES string of the molecule is Cc1cc(F)ccc1-n1c(CO)n[nH]c1=S. The number of hydrogen-bond donors (Lipinski definition) is 2. The molecule has 1 aromatic heterocycles. The van der Waals surface area contributed by atoms with E-state index in [0.717, 1.165) is 5.56 Å². The highest BCUT2D eigenvalue weighted by Gasteiger charge is 2.09. The summed E-state index contributed by atoms with van der Waals surface area (Å²) in [6.45, 7) is 1.54.